The average Bonchev–Trinajstić information content (AvgIpc) is 3.49. The third kappa shape index (κ3) is 5.97. The molecule has 2 aromatic carbocycles. The average molecular weight is 534 g/mol. The number of nitrogens with zero attached hydrogens (tertiary/aromatic N) is 3. The minimum Gasteiger partial charge on any atom is -0.490 e. The highest BCUT2D eigenvalue weighted by atomic mass is 32.1. The van der Waals surface area contributed by atoms with E-state index in [0.29, 0.717) is 24.2 Å². The van der Waals surface area contributed by atoms with Gasteiger partial charge in [0.25, 0.3) is 0 Å². The number of aromatic nitrogens is 1. The number of carboxylic acid groups (broad SMARTS) is 1. The van der Waals surface area contributed by atoms with Crippen LogP contribution in [0, 0.1) is 11.3 Å². The number of hydrogen-bond acceptors (Lipinski definition) is 7. The van der Waals surface area contributed by atoms with E-state index in [0.717, 1.165) is 32.1 Å². The van der Waals surface area contributed by atoms with E-state index in [1.807, 2.05) is 44.3 Å². The second-order valence-corrected chi connectivity index (χ2v) is 11.5. The molecule has 1 unspecified atom stereocenters. The van der Waals surface area contributed by atoms with Gasteiger partial charge in [-0.15, -0.1) is 11.3 Å². The molecule has 9 heteroatoms. The zero-order chi connectivity index (χ0) is 27.6. The molecule has 0 bridgehead atoms. The lowest BCUT2D eigenvalue weighted by atomic mass is 10.0. The van der Waals surface area contributed by atoms with E-state index < -0.39 is 30.3 Å². The van der Waals surface area contributed by atoms with Gasteiger partial charge in [0.1, 0.15) is 29.0 Å². The molecule has 0 spiro atoms. The van der Waals surface area contributed by atoms with Gasteiger partial charge in [0.05, 0.1) is 22.6 Å². The summed E-state index contributed by atoms with van der Waals surface area (Å²) in [7, 11) is 0. The van der Waals surface area contributed by atoms with Crippen LogP contribution >= 0.6 is 11.3 Å². The third-order valence-corrected chi connectivity index (χ3v) is 7.11. The van der Waals surface area contributed by atoms with Crippen LogP contribution < -0.4 is 4.74 Å². The Balaban J connectivity index is 1.65. The minimum atomic E-state index is -1.09. The fourth-order valence-electron chi connectivity index (χ4n) is 4.59. The van der Waals surface area contributed by atoms with Gasteiger partial charge in [0.15, 0.2) is 0 Å². The maximum Gasteiger partial charge on any atom is 0.411 e. The number of carboxylic acids is 1. The molecular formula is C29H31N3O5S. The maximum atomic E-state index is 12.9. The molecule has 38 heavy (non-hydrogen) atoms. The summed E-state index contributed by atoms with van der Waals surface area (Å²) in [5, 5.41) is 19.9. The van der Waals surface area contributed by atoms with Crippen molar-refractivity contribution in [2.24, 2.45) is 0 Å². The largest absolute Gasteiger partial charge is 0.490 e. The fraction of sp³-hybridized carbons (Fsp3) is 0.379. The molecular weight excluding hydrogens is 502 g/mol. The highest BCUT2D eigenvalue weighted by Gasteiger charge is 2.36. The Kier molecular flexibility index (Phi) is 7.74. The van der Waals surface area contributed by atoms with E-state index in [1.165, 1.54) is 16.2 Å². The molecule has 8 nitrogen and oxygen atoms in total. The predicted octanol–water partition coefficient (Wildman–Crippen LogP) is 6.44. The number of amides is 1. The van der Waals surface area contributed by atoms with Crippen molar-refractivity contribution in [2.75, 3.05) is 6.54 Å². The number of aliphatic carboxylic acids is 1. The summed E-state index contributed by atoms with van der Waals surface area (Å²) in [6.45, 7) is 8.67. The first-order valence-electron chi connectivity index (χ1n) is 12.5. The lowest BCUT2D eigenvalue weighted by molar-refractivity contribution is -0.138. The number of rotatable bonds is 7. The summed E-state index contributed by atoms with van der Waals surface area (Å²) in [6.07, 6.45) is 2.44. The van der Waals surface area contributed by atoms with Crippen LogP contribution in [-0.2, 0) is 16.0 Å². The van der Waals surface area contributed by atoms with Gasteiger partial charge in [-0.3, -0.25) is 9.69 Å². The van der Waals surface area contributed by atoms with Crippen LogP contribution in [0.4, 0.5) is 4.79 Å². The topological polar surface area (TPSA) is 113 Å². The van der Waals surface area contributed by atoms with Gasteiger partial charge in [0.2, 0.25) is 0 Å². The molecule has 1 heterocycles. The molecule has 0 radical (unpaired) electrons. The van der Waals surface area contributed by atoms with E-state index >= 15 is 0 Å². The normalized spacial score (nSPS) is 14.6. The quantitative estimate of drug-likeness (QED) is 0.371. The van der Waals surface area contributed by atoms with Crippen LogP contribution in [0.25, 0.3) is 21.0 Å². The summed E-state index contributed by atoms with van der Waals surface area (Å²) in [5.41, 5.74) is 3.56. The molecule has 1 aliphatic carbocycles. The van der Waals surface area contributed by atoms with Crippen molar-refractivity contribution in [1.82, 2.24) is 9.88 Å². The molecule has 3 aromatic rings. The van der Waals surface area contributed by atoms with E-state index in [2.05, 4.69) is 11.1 Å². The van der Waals surface area contributed by atoms with Gasteiger partial charge < -0.3 is 14.6 Å². The molecule has 0 fully saturated rings. The molecule has 1 aliphatic rings. The van der Waals surface area contributed by atoms with Crippen molar-refractivity contribution in [3.05, 3.63) is 59.3 Å². The number of ether oxygens (including phenoxy) is 2. The molecule has 1 atom stereocenters. The molecule has 0 aliphatic heterocycles. The molecule has 1 N–H and O–H groups in total. The maximum absolute atomic E-state index is 12.9. The number of hydrogen-bond donors (Lipinski definition) is 1. The van der Waals surface area contributed by atoms with Crippen LogP contribution in [0.2, 0.25) is 0 Å². The van der Waals surface area contributed by atoms with Crippen LogP contribution in [-0.4, -0.2) is 45.3 Å². The van der Waals surface area contributed by atoms with Gasteiger partial charge in [0, 0.05) is 11.8 Å². The van der Waals surface area contributed by atoms with Crippen molar-refractivity contribution < 1.29 is 24.2 Å². The van der Waals surface area contributed by atoms with Gasteiger partial charge in [-0.1, -0.05) is 18.2 Å². The van der Waals surface area contributed by atoms with E-state index in [1.54, 1.807) is 32.9 Å². The summed E-state index contributed by atoms with van der Waals surface area (Å²) < 4.78 is 11.3. The number of carbonyl (C=O) groups excluding carboxylic acids is 1. The van der Waals surface area contributed by atoms with Gasteiger partial charge in [-0.25, -0.2) is 9.78 Å². The Labute approximate surface area is 226 Å². The SMILES string of the molecule is CC(C)Oc1ccc(-c2ncc(-c3cccc4c3CCC4N(CC(=O)O)C(=O)OC(C)(C)C)s2)cc1C#N. The summed E-state index contributed by atoms with van der Waals surface area (Å²) in [4.78, 5) is 31.4. The molecule has 1 aromatic heterocycles. The first-order valence-corrected chi connectivity index (χ1v) is 13.3. The number of benzene rings is 2. The number of carbonyl (C=O) groups is 2. The Hall–Kier alpha value is -3.90. The van der Waals surface area contributed by atoms with Crippen molar-refractivity contribution in [3.8, 4) is 32.8 Å². The Morgan fingerprint density at radius 1 is 1.26 bits per heavy atom. The predicted molar refractivity (Wildman–Crippen MR) is 145 cm³/mol. The van der Waals surface area contributed by atoms with E-state index in [-0.39, 0.29) is 6.10 Å². The first-order chi connectivity index (χ1) is 18.0. The van der Waals surface area contributed by atoms with Crippen LogP contribution in [0.5, 0.6) is 5.75 Å². The zero-order valence-electron chi connectivity index (χ0n) is 22.1. The van der Waals surface area contributed by atoms with Crippen LogP contribution in [0.15, 0.2) is 42.6 Å². The lowest BCUT2D eigenvalue weighted by Crippen LogP contribution is -2.41. The summed E-state index contributed by atoms with van der Waals surface area (Å²) >= 11 is 1.52. The van der Waals surface area contributed by atoms with Gasteiger partial charge in [-0.2, -0.15) is 5.26 Å². The second-order valence-electron chi connectivity index (χ2n) is 10.4. The fourth-order valence-corrected chi connectivity index (χ4v) is 5.56. The number of thiazole rings is 1. The van der Waals surface area contributed by atoms with E-state index in [4.69, 9.17) is 9.47 Å². The van der Waals surface area contributed by atoms with Gasteiger partial charge in [-0.05, 0) is 82.3 Å². The third-order valence-electron chi connectivity index (χ3n) is 6.03. The second kappa shape index (κ2) is 10.8. The Morgan fingerprint density at radius 3 is 2.68 bits per heavy atom. The summed E-state index contributed by atoms with van der Waals surface area (Å²) in [5.74, 6) is -0.542. The summed E-state index contributed by atoms with van der Waals surface area (Å²) in [6, 6.07) is 13.2. The van der Waals surface area contributed by atoms with Crippen LogP contribution in [0.1, 0.15) is 63.8 Å². The van der Waals surface area contributed by atoms with Gasteiger partial charge >= 0.3 is 12.1 Å². The molecule has 4 rings (SSSR count). The smallest absolute Gasteiger partial charge is 0.411 e. The molecule has 0 saturated heterocycles. The van der Waals surface area contributed by atoms with Crippen molar-refractivity contribution in [1.29, 1.82) is 5.26 Å². The molecule has 198 valence electrons. The molecule has 0 saturated carbocycles. The number of fused-ring (bicyclic) bond motifs is 1. The standard InChI is InChI=1S/C29H31N3O5S/c1-17(2)36-24-12-9-18(13-19(24)14-30)27-31-15-25(38-27)22-8-6-7-21-20(22)10-11-23(21)32(16-26(33)34)28(35)37-29(3,4)5/h6-9,12-13,15,17,23H,10-11,16H2,1-5H3,(H,33,34). The Morgan fingerprint density at radius 2 is 2.03 bits per heavy atom. The lowest BCUT2D eigenvalue weighted by Gasteiger charge is -2.31. The Bertz CT molecular complexity index is 1400. The monoisotopic (exact) mass is 533 g/mol. The first kappa shape index (κ1) is 27.1. The van der Waals surface area contributed by atoms with Crippen LogP contribution in [0.3, 0.4) is 0 Å². The zero-order valence-corrected chi connectivity index (χ0v) is 23.0. The van der Waals surface area contributed by atoms with Crippen molar-refractivity contribution >= 4 is 23.4 Å². The highest BCUT2D eigenvalue weighted by Crippen LogP contribution is 2.43. The number of nitriles is 1. The van der Waals surface area contributed by atoms with Crippen molar-refractivity contribution in [3.63, 3.8) is 0 Å². The van der Waals surface area contributed by atoms with Crippen molar-refractivity contribution in [2.45, 2.75) is 65.2 Å². The minimum absolute atomic E-state index is 0.0369. The van der Waals surface area contributed by atoms with E-state index in [9.17, 15) is 20.0 Å². The molecule has 1 amide bonds. The highest BCUT2D eigenvalue weighted by molar-refractivity contribution is 7.18.